The van der Waals surface area contributed by atoms with E-state index in [1.807, 2.05) is 24.0 Å². The van der Waals surface area contributed by atoms with Crippen LogP contribution in [-0.2, 0) is 11.2 Å². The van der Waals surface area contributed by atoms with Crippen molar-refractivity contribution >= 4 is 29.1 Å². The molecule has 2 aliphatic rings. The summed E-state index contributed by atoms with van der Waals surface area (Å²) in [6.07, 6.45) is 5.16. The van der Waals surface area contributed by atoms with Crippen molar-refractivity contribution in [2.45, 2.75) is 26.2 Å². The van der Waals surface area contributed by atoms with Crippen molar-refractivity contribution in [2.75, 3.05) is 23.3 Å². The molecule has 1 aliphatic heterocycles. The molecule has 0 bridgehead atoms. The maximum absolute atomic E-state index is 13.9. The molecule has 2 aromatic heterocycles. The Morgan fingerprint density at radius 3 is 2.89 bits per heavy atom. The molecule has 1 N–H and O–H groups in total. The number of hydrogen-bond donors (Lipinski definition) is 1. The summed E-state index contributed by atoms with van der Waals surface area (Å²) in [5, 5.41) is 2.94. The quantitative estimate of drug-likeness (QED) is 0.767. The van der Waals surface area contributed by atoms with Crippen LogP contribution >= 0.6 is 11.6 Å². The molecule has 142 valence electrons. The fourth-order valence-electron chi connectivity index (χ4n) is 4.11. The van der Waals surface area contributed by atoms with Crippen molar-refractivity contribution in [3.8, 4) is 0 Å². The number of fused-ring (bicyclic) bond motifs is 1. The summed E-state index contributed by atoms with van der Waals surface area (Å²) in [5.41, 5.74) is 1.06. The Balaban J connectivity index is 1.33. The number of pyridine rings is 1. The number of hydrogen-bond acceptors (Lipinski definition) is 5. The minimum absolute atomic E-state index is 0.0283. The molecule has 2 unspecified atom stereocenters. The maximum Gasteiger partial charge on any atom is 0.225 e. The summed E-state index contributed by atoms with van der Waals surface area (Å²) in [6, 6.07) is 3.91. The Labute approximate surface area is 162 Å². The fourth-order valence-corrected chi connectivity index (χ4v) is 4.23. The molecule has 4 rings (SSSR count). The topological polar surface area (TPSA) is 71.0 Å². The predicted octanol–water partition coefficient (Wildman–Crippen LogP) is 3.33. The van der Waals surface area contributed by atoms with Crippen LogP contribution in [0.2, 0.25) is 5.28 Å². The van der Waals surface area contributed by atoms with E-state index in [0.29, 0.717) is 35.8 Å². The van der Waals surface area contributed by atoms with Gasteiger partial charge in [0.1, 0.15) is 5.82 Å². The van der Waals surface area contributed by atoms with Gasteiger partial charge >= 0.3 is 0 Å². The van der Waals surface area contributed by atoms with Gasteiger partial charge in [-0.3, -0.25) is 4.79 Å². The highest BCUT2D eigenvalue weighted by Crippen LogP contribution is 2.54. The number of carbonyl (C=O) groups excluding carboxylic acids is 1. The zero-order valence-corrected chi connectivity index (χ0v) is 15.8. The van der Waals surface area contributed by atoms with E-state index in [9.17, 15) is 9.18 Å². The molecule has 1 saturated carbocycles. The van der Waals surface area contributed by atoms with Crippen molar-refractivity contribution in [3.05, 3.63) is 41.2 Å². The summed E-state index contributed by atoms with van der Waals surface area (Å²) < 4.78 is 13.9. The number of nitrogens with zero attached hydrogens (tertiary/aromatic N) is 4. The number of halogens is 2. The number of aryl methyl sites for hydroxylation is 1. The average Bonchev–Trinajstić information content (AvgIpc) is 3.12. The summed E-state index contributed by atoms with van der Waals surface area (Å²) in [4.78, 5) is 25.6. The van der Waals surface area contributed by atoms with Gasteiger partial charge in [-0.2, -0.15) is 4.98 Å². The van der Waals surface area contributed by atoms with Crippen molar-refractivity contribution < 1.29 is 9.18 Å². The standard InChI is InChI=1S/C19H21ClFN5O/c1-2-16(27)24-17-11(4-3-7-22-17)5-6-12-13-9-26(10-14(12)13)18-15(21)8-23-19(20)25-18/h3-4,7-8,12-14H,2,5-6,9-10H2,1H3,(H,22,24,27). The highest BCUT2D eigenvalue weighted by atomic mass is 35.5. The highest BCUT2D eigenvalue weighted by Gasteiger charge is 2.55. The van der Waals surface area contributed by atoms with Gasteiger partial charge in [0.25, 0.3) is 0 Å². The third kappa shape index (κ3) is 3.74. The van der Waals surface area contributed by atoms with Crippen LogP contribution in [0.15, 0.2) is 24.5 Å². The second-order valence-corrected chi connectivity index (χ2v) is 7.50. The number of anilines is 2. The number of piperidine rings is 1. The molecule has 6 nitrogen and oxygen atoms in total. The molecule has 3 heterocycles. The summed E-state index contributed by atoms with van der Waals surface area (Å²) >= 11 is 5.80. The van der Waals surface area contributed by atoms with E-state index < -0.39 is 5.82 Å². The molecular weight excluding hydrogens is 369 g/mol. The summed E-state index contributed by atoms with van der Waals surface area (Å²) in [5.74, 6) is 2.25. The molecule has 27 heavy (non-hydrogen) atoms. The van der Waals surface area contributed by atoms with Gasteiger partial charge < -0.3 is 10.2 Å². The molecule has 2 atom stereocenters. The van der Waals surface area contributed by atoms with E-state index in [0.717, 1.165) is 37.7 Å². The van der Waals surface area contributed by atoms with Gasteiger partial charge in [-0.05, 0) is 53.8 Å². The second kappa shape index (κ2) is 7.38. The van der Waals surface area contributed by atoms with Crippen LogP contribution in [-0.4, -0.2) is 33.9 Å². The van der Waals surface area contributed by atoms with Crippen LogP contribution in [0.4, 0.5) is 16.0 Å². The Bertz CT molecular complexity index is 852. The molecule has 2 aromatic rings. The van der Waals surface area contributed by atoms with Gasteiger partial charge in [0.2, 0.25) is 11.2 Å². The largest absolute Gasteiger partial charge is 0.353 e. The van der Waals surface area contributed by atoms with Crippen molar-refractivity contribution in [2.24, 2.45) is 17.8 Å². The first-order valence-corrected chi connectivity index (χ1v) is 9.61. The van der Waals surface area contributed by atoms with Crippen LogP contribution in [0.3, 0.4) is 0 Å². The number of nitrogens with one attached hydrogen (secondary N) is 1. The minimum Gasteiger partial charge on any atom is -0.353 e. The normalized spacial score (nSPS) is 23.2. The van der Waals surface area contributed by atoms with Gasteiger partial charge in [-0.15, -0.1) is 0 Å². The van der Waals surface area contributed by atoms with Crippen LogP contribution in [0, 0.1) is 23.6 Å². The third-order valence-corrected chi connectivity index (χ3v) is 5.77. The number of aromatic nitrogens is 3. The number of rotatable bonds is 6. The smallest absolute Gasteiger partial charge is 0.225 e. The van der Waals surface area contributed by atoms with E-state index >= 15 is 0 Å². The van der Waals surface area contributed by atoms with E-state index in [1.54, 1.807) is 6.20 Å². The lowest BCUT2D eigenvalue weighted by molar-refractivity contribution is -0.115. The lowest BCUT2D eigenvalue weighted by Crippen LogP contribution is -2.26. The third-order valence-electron chi connectivity index (χ3n) is 5.58. The maximum atomic E-state index is 13.9. The van der Waals surface area contributed by atoms with Gasteiger partial charge in [-0.1, -0.05) is 13.0 Å². The van der Waals surface area contributed by atoms with Gasteiger partial charge in [0.05, 0.1) is 6.20 Å². The van der Waals surface area contributed by atoms with E-state index in [-0.39, 0.29) is 11.2 Å². The van der Waals surface area contributed by atoms with Gasteiger partial charge in [-0.25, -0.2) is 14.4 Å². The molecule has 1 amide bonds. The van der Waals surface area contributed by atoms with Crippen LogP contribution in [0.25, 0.3) is 0 Å². The molecule has 0 spiro atoms. The molecule has 2 fully saturated rings. The SMILES string of the molecule is CCC(=O)Nc1ncccc1CCC1C2CN(c3nc(Cl)ncc3F)CC12. The number of carbonyl (C=O) groups is 1. The molecule has 0 aromatic carbocycles. The summed E-state index contributed by atoms with van der Waals surface area (Å²) in [6.45, 7) is 3.42. The molecule has 8 heteroatoms. The first-order valence-electron chi connectivity index (χ1n) is 9.23. The zero-order chi connectivity index (χ0) is 19.0. The molecule has 0 radical (unpaired) electrons. The van der Waals surface area contributed by atoms with Crippen LogP contribution in [0.1, 0.15) is 25.3 Å². The van der Waals surface area contributed by atoms with Gasteiger partial charge in [0, 0.05) is 25.7 Å². The second-order valence-electron chi connectivity index (χ2n) is 7.16. The predicted molar refractivity (Wildman–Crippen MR) is 101 cm³/mol. The zero-order valence-electron chi connectivity index (χ0n) is 15.0. The molecular formula is C19H21ClFN5O. The van der Waals surface area contributed by atoms with Gasteiger partial charge in [0.15, 0.2) is 11.6 Å². The van der Waals surface area contributed by atoms with E-state index in [1.165, 1.54) is 0 Å². The minimum atomic E-state index is -0.427. The highest BCUT2D eigenvalue weighted by molar-refractivity contribution is 6.28. The Hall–Kier alpha value is -2.28. The Kier molecular flexibility index (Phi) is 4.95. The van der Waals surface area contributed by atoms with Crippen LogP contribution in [0.5, 0.6) is 0 Å². The van der Waals surface area contributed by atoms with E-state index in [4.69, 9.17) is 11.6 Å². The van der Waals surface area contributed by atoms with Crippen LogP contribution < -0.4 is 10.2 Å². The summed E-state index contributed by atoms with van der Waals surface area (Å²) in [7, 11) is 0. The first kappa shape index (κ1) is 18.1. The number of amides is 1. The molecule has 1 aliphatic carbocycles. The Morgan fingerprint density at radius 2 is 2.15 bits per heavy atom. The van der Waals surface area contributed by atoms with E-state index in [2.05, 4.69) is 20.3 Å². The van der Waals surface area contributed by atoms with Crippen molar-refractivity contribution in [3.63, 3.8) is 0 Å². The van der Waals surface area contributed by atoms with Crippen molar-refractivity contribution in [1.82, 2.24) is 15.0 Å². The first-order chi connectivity index (χ1) is 13.1. The average molecular weight is 390 g/mol. The lowest BCUT2D eigenvalue weighted by atomic mass is 10.1. The monoisotopic (exact) mass is 389 g/mol. The fraction of sp³-hybridized carbons (Fsp3) is 0.474. The molecule has 1 saturated heterocycles. The Morgan fingerprint density at radius 1 is 1.37 bits per heavy atom. The lowest BCUT2D eigenvalue weighted by Gasteiger charge is -2.21. The van der Waals surface area contributed by atoms with Crippen molar-refractivity contribution in [1.29, 1.82) is 0 Å².